The Kier molecular flexibility index (Phi) is 6.21. The van der Waals surface area contributed by atoms with Crippen molar-refractivity contribution in [2.45, 2.75) is 59.5 Å². The van der Waals surface area contributed by atoms with E-state index < -0.39 is 24.0 Å². The third kappa shape index (κ3) is 7.77. The van der Waals surface area contributed by atoms with Crippen molar-refractivity contribution in [1.29, 1.82) is 0 Å². The number of carboxylic acid groups (broad SMARTS) is 1. The highest BCUT2D eigenvalue weighted by Gasteiger charge is 2.31. The van der Waals surface area contributed by atoms with Gasteiger partial charge in [-0.05, 0) is 31.6 Å². The topological polar surface area (TPSA) is 63.6 Å². The monoisotopic (exact) mass is 244 g/mol. The average Bonchev–Trinajstić information content (AvgIpc) is 1.95. The van der Waals surface area contributed by atoms with Crippen molar-refractivity contribution >= 4 is 11.9 Å². The molecule has 0 spiro atoms. The molecule has 100 valence electrons. The number of carbonyl (C=O) groups excluding carboxylic acids is 1. The van der Waals surface area contributed by atoms with Gasteiger partial charge in [-0.3, -0.25) is 9.59 Å². The third-order valence-electron chi connectivity index (χ3n) is 2.34. The van der Waals surface area contributed by atoms with E-state index in [-0.39, 0.29) is 0 Å². The molecule has 1 N–H and O–H groups in total. The fourth-order valence-electron chi connectivity index (χ4n) is 2.33. The van der Waals surface area contributed by atoms with Gasteiger partial charge in [0.15, 0.2) is 0 Å². The highest BCUT2D eigenvalue weighted by Crippen LogP contribution is 2.28. The number of hydrogen-bond donors (Lipinski definition) is 1. The molecule has 0 aliphatic heterocycles. The molecule has 0 rings (SSSR count). The van der Waals surface area contributed by atoms with Gasteiger partial charge in [-0.15, -0.1) is 0 Å². The van der Waals surface area contributed by atoms with Crippen LogP contribution < -0.4 is 0 Å². The summed E-state index contributed by atoms with van der Waals surface area (Å²) in [4.78, 5) is 21.9. The fourth-order valence-corrected chi connectivity index (χ4v) is 2.33. The number of carboxylic acids is 1. The molecule has 4 nitrogen and oxygen atoms in total. The van der Waals surface area contributed by atoms with E-state index in [0.717, 1.165) is 12.8 Å². The third-order valence-corrected chi connectivity index (χ3v) is 2.34. The Hall–Kier alpha value is -1.06. The van der Waals surface area contributed by atoms with E-state index in [4.69, 9.17) is 9.84 Å². The lowest BCUT2D eigenvalue weighted by Crippen LogP contribution is -2.35. The van der Waals surface area contributed by atoms with Gasteiger partial charge in [0.1, 0.15) is 12.0 Å². The first-order valence-electron chi connectivity index (χ1n) is 6.08. The minimum Gasteiger partial charge on any atom is -0.481 e. The lowest BCUT2D eigenvalue weighted by molar-refractivity contribution is -0.165. The van der Waals surface area contributed by atoms with Crippen molar-refractivity contribution in [2.75, 3.05) is 0 Å². The second kappa shape index (κ2) is 6.62. The quantitative estimate of drug-likeness (QED) is 0.552. The average molecular weight is 244 g/mol. The highest BCUT2D eigenvalue weighted by molar-refractivity contribution is 5.90. The van der Waals surface area contributed by atoms with Crippen molar-refractivity contribution in [2.24, 2.45) is 11.8 Å². The molecule has 0 saturated carbocycles. The van der Waals surface area contributed by atoms with Crippen LogP contribution in [0.2, 0.25) is 0 Å². The zero-order valence-corrected chi connectivity index (χ0v) is 11.4. The first-order chi connectivity index (χ1) is 7.64. The Morgan fingerprint density at radius 3 is 1.82 bits per heavy atom. The molecule has 0 aliphatic carbocycles. The number of hydrogen-bond acceptors (Lipinski definition) is 3. The van der Waals surface area contributed by atoms with Crippen molar-refractivity contribution in [3.63, 3.8) is 0 Å². The number of carbonyl (C=O) groups is 2. The molecular weight excluding hydrogens is 220 g/mol. The van der Waals surface area contributed by atoms with Crippen molar-refractivity contribution in [3.8, 4) is 0 Å². The first kappa shape index (κ1) is 15.9. The van der Waals surface area contributed by atoms with Gasteiger partial charge in [-0.25, -0.2) is 0 Å². The minimum atomic E-state index is -1.15. The van der Waals surface area contributed by atoms with E-state index >= 15 is 0 Å². The second-order valence-electron chi connectivity index (χ2n) is 5.69. The lowest BCUT2D eigenvalue weighted by atomic mass is 9.86. The standard InChI is InChI=1S/C13H24O4/c1-9(2)7-13(5,8-10(3)4)17-12(16)6-11(14)15/h9-10H,6-8H2,1-5H3,(H,14,15). The van der Waals surface area contributed by atoms with Gasteiger partial charge in [0, 0.05) is 0 Å². The van der Waals surface area contributed by atoms with E-state index in [0.29, 0.717) is 11.8 Å². The summed E-state index contributed by atoms with van der Waals surface area (Å²) in [6.45, 7) is 10.1. The molecule has 0 atom stereocenters. The molecule has 0 bridgehead atoms. The Labute approximate surface area is 103 Å². The van der Waals surface area contributed by atoms with Crippen LogP contribution in [0, 0.1) is 11.8 Å². The summed E-state index contributed by atoms with van der Waals surface area (Å²) in [7, 11) is 0. The van der Waals surface area contributed by atoms with Crippen molar-refractivity contribution < 1.29 is 19.4 Å². The van der Waals surface area contributed by atoms with Gasteiger partial charge < -0.3 is 9.84 Å². The van der Waals surface area contributed by atoms with E-state index in [2.05, 4.69) is 27.7 Å². The van der Waals surface area contributed by atoms with Crippen LogP contribution in [0.5, 0.6) is 0 Å². The van der Waals surface area contributed by atoms with E-state index in [1.165, 1.54) is 0 Å². The Morgan fingerprint density at radius 1 is 1.12 bits per heavy atom. The Bertz CT molecular complexity index is 259. The van der Waals surface area contributed by atoms with Gasteiger partial charge in [-0.1, -0.05) is 27.7 Å². The van der Waals surface area contributed by atoms with Gasteiger partial charge in [-0.2, -0.15) is 0 Å². The molecule has 0 aromatic carbocycles. The summed E-state index contributed by atoms with van der Waals surface area (Å²) in [5.41, 5.74) is -0.561. The Morgan fingerprint density at radius 2 is 1.53 bits per heavy atom. The summed E-state index contributed by atoms with van der Waals surface area (Å²) < 4.78 is 5.35. The summed E-state index contributed by atoms with van der Waals surface area (Å²) >= 11 is 0. The molecule has 4 heteroatoms. The van der Waals surface area contributed by atoms with Crippen LogP contribution in [-0.2, 0) is 14.3 Å². The summed E-state index contributed by atoms with van der Waals surface area (Å²) in [5, 5.41) is 8.54. The molecular formula is C13H24O4. The smallest absolute Gasteiger partial charge is 0.317 e. The summed E-state index contributed by atoms with van der Waals surface area (Å²) in [5.74, 6) is -1.000. The van der Waals surface area contributed by atoms with Crippen LogP contribution in [0.25, 0.3) is 0 Å². The predicted molar refractivity (Wildman–Crippen MR) is 65.7 cm³/mol. The van der Waals surface area contributed by atoms with Crippen LogP contribution in [0.1, 0.15) is 53.9 Å². The number of aliphatic carboxylic acids is 1. The van der Waals surface area contributed by atoms with Crippen LogP contribution >= 0.6 is 0 Å². The first-order valence-corrected chi connectivity index (χ1v) is 6.08. The molecule has 0 saturated heterocycles. The molecule has 0 aromatic heterocycles. The lowest BCUT2D eigenvalue weighted by Gasteiger charge is -2.32. The van der Waals surface area contributed by atoms with Crippen LogP contribution in [-0.4, -0.2) is 22.6 Å². The van der Waals surface area contributed by atoms with Gasteiger partial charge in [0.05, 0.1) is 0 Å². The molecule has 0 radical (unpaired) electrons. The van der Waals surface area contributed by atoms with Crippen molar-refractivity contribution in [1.82, 2.24) is 0 Å². The number of esters is 1. The molecule has 0 aliphatic rings. The molecule has 0 heterocycles. The molecule has 0 unspecified atom stereocenters. The maximum atomic E-state index is 11.4. The van der Waals surface area contributed by atoms with E-state index in [1.807, 2.05) is 6.92 Å². The van der Waals surface area contributed by atoms with Gasteiger partial charge in [0.25, 0.3) is 0 Å². The maximum absolute atomic E-state index is 11.4. The largest absolute Gasteiger partial charge is 0.481 e. The predicted octanol–water partition coefficient (Wildman–Crippen LogP) is 2.86. The minimum absolute atomic E-state index is 0.399. The van der Waals surface area contributed by atoms with Crippen LogP contribution in [0.4, 0.5) is 0 Å². The zero-order valence-electron chi connectivity index (χ0n) is 11.4. The number of ether oxygens (including phenoxy) is 1. The number of rotatable bonds is 7. The van der Waals surface area contributed by atoms with Gasteiger partial charge >= 0.3 is 11.9 Å². The highest BCUT2D eigenvalue weighted by atomic mass is 16.6. The SMILES string of the molecule is CC(C)CC(C)(CC(C)C)OC(=O)CC(=O)O. The second-order valence-corrected chi connectivity index (χ2v) is 5.69. The van der Waals surface area contributed by atoms with Crippen molar-refractivity contribution in [3.05, 3.63) is 0 Å². The van der Waals surface area contributed by atoms with Crippen LogP contribution in [0.3, 0.4) is 0 Å². The molecule has 0 fully saturated rings. The Balaban J connectivity index is 4.57. The normalized spacial score (nSPS) is 11.9. The zero-order chi connectivity index (χ0) is 13.6. The van der Waals surface area contributed by atoms with Crippen LogP contribution in [0.15, 0.2) is 0 Å². The molecule has 17 heavy (non-hydrogen) atoms. The van der Waals surface area contributed by atoms with Gasteiger partial charge in [0.2, 0.25) is 0 Å². The molecule has 0 aromatic rings. The summed E-state index contributed by atoms with van der Waals surface area (Å²) in [6.07, 6.45) is 0.929. The van der Waals surface area contributed by atoms with E-state index in [9.17, 15) is 9.59 Å². The maximum Gasteiger partial charge on any atom is 0.317 e. The molecule has 0 amide bonds. The summed E-state index contributed by atoms with van der Waals surface area (Å²) in [6, 6.07) is 0. The fraction of sp³-hybridized carbons (Fsp3) is 0.846. The van der Waals surface area contributed by atoms with E-state index in [1.54, 1.807) is 0 Å².